The van der Waals surface area contributed by atoms with E-state index in [0.29, 0.717) is 16.3 Å². The summed E-state index contributed by atoms with van der Waals surface area (Å²) in [5.74, 6) is 0.127. The van der Waals surface area contributed by atoms with Crippen LogP contribution in [0.3, 0.4) is 0 Å². The molecule has 72 valence electrons. The molecule has 0 aromatic heterocycles. The van der Waals surface area contributed by atoms with Gasteiger partial charge in [-0.2, -0.15) is 0 Å². The van der Waals surface area contributed by atoms with Gasteiger partial charge in [0, 0.05) is 11.4 Å². The monoisotopic (exact) mass is 201 g/mol. The quantitative estimate of drug-likeness (QED) is 0.759. The molecule has 0 heterocycles. The molecule has 1 aromatic carbocycles. The molecule has 2 nitrogen and oxygen atoms in total. The van der Waals surface area contributed by atoms with E-state index in [9.17, 15) is 8.60 Å². The number of anilines is 1. The summed E-state index contributed by atoms with van der Waals surface area (Å²) in [4.78, 5) is 0.404. The Bertz CT molecular complexity index is 327. The molecule has 0 saturated carbocycles. The van der Waals surface area contributed by atoms with E-state index in [1.807, 2.05) is 6.92 Å². The van der Waals surface area contributed by atoms with Gasteiger partial charge in [0.15, 0.2) is 0 Å². The average Bonchev–Trinajstić information content (AvgIpc) is 2.09. The van der Waals surface area contributed by atoms with E-state index >= 15 is 0 Å². The van der Waals surface area contributed by atoms with E-state index in [2.05, 4.69) is 0 Å². The zero-order valence-corrected chi connectivity index (χ0v) is 8.23. The largest absolute Gasteiger partial charge is 0.398 e. The molecule has 0 radical (unpaired) electrons. The number of rotatable bonds is 3. The molecule has 1 rings (SSSR count). The van der Waals surface area contributed by atoms with Crippen LogP contribution in [0.15, 0.2) is 23.1 Å². The number of hydrogen-bond donors (Lipinski definition) is 1. The molecule has 4 heteroatoms. The minimum absolute atomic E-state index is 0.395. The molecule has 0 aliphatic rings. The summed E-state index contributed by atoms with van der Waals surface area (Å²) < 4.78 is 24.2. The second-order valence-corrected chi connectivity index (χ2v) is 4.27. The summed E-state index contributed by atoms with van der Waals surface area (Å²) in [6.07, 6.45) is 0.794. The highest BCUT2D eigenvalue weighted by Gasteiger charge is 2.07. The standard InChI is InChI=1S/C9H12FNOS/c1-2-5-13(12)9-6-7(10)3-4-8(9)11/h3-4,6H,2,5,11H2,1H3. The summed E-state index contributed by atoms with van der Waals surface area (Å²) >= 11 is 0. The van der Waals surface area contributed by atoms with Gasteiger partial charge < -0.3 is 5.73 Å². The first-order chi connectivity index (χ1) is 6.15. The minimum Gasteiger partial charge on any atom is -0.398 e. The SMILES string of the molecule is CCCS(=O)c1cc(F)ccc1N. The number of hydrogen-bond acceptors (Lipinski definition) is 2. The van der Waals surface area contributed by atoms with Crippen LogP contribution in [0.25, 0.3) is 0 Å². The summed E-state index contributed by atoms with van der Waals surface area (Å²) in [7, 11) is -1.17. The maximum Gasteiger partial charge on any atom is 0.124 e. The van der Waals surface area contributed by atoms with Gasteiger partial charge in [-0.1, -0.05) is 6.92 Å². The lowest BCUT2D eigenvalue weighted by Crippen LogP contribution is -2.01. The summed E-state index contributed by atoms with van der Waals surface area (Å²) in [5, 5.41) is 0. The van der Waals surface area contributed by atoms with E-state index in [1.165, 1.54) is 18.2 Å². The first kappa shape index (κ1) is 10.2. The van der Waals surface area contributed by atoms with Crippen LogP contribution in [-0.4, -0.2) is 9.96 Å². The third-order valence-electron chi connectivity index (χ3n) is 1.61. The van der Waals surface area contributed by atoms with Crippen molar-refractivity contribution in [2.75, 3.05) is 11.5 Å². The molecule has 1 aromatic rings. The molecule has 1 unspecified atom stereocenters. The lowest BCUT2D eigenvalue weighted by molar-refractivity contribution is 0.623. The van der Waals surface area contributed by atoms with Crippen LogP contribution in [0.5, 0.6) is 0 Å². The highest BCUT2D eigenvalue weighted by atomic mass is 32.2. The van der Waals surface area contributed by atoms with Crippen molar-refractivity contribution in [1.82, 2.24) is 0 Å². The number of nitrogens with two attached hydrogens (primary N) is 1. The predicted octanol–water partition coefficient (Wildman–Crippen LogP) is 1.93. The van der Waals surface area contributed by atoms with Crippen LogP contribution in [0.2, 0.25) is 0 Å². The fraction of sp³-hybridized carbons (Fsp3) is 0.333. The predicted molar refractivity (Wildman–Crippen MR) is 52.4 cm³/mol. The highest BCUT2D eigenvalue weighted by molar-refractivity contribution is 7.85. The van der Waals surface area contributed by atoms with E-state index in [0.717, 1.165) is 6.42 Å². The van der Waals surface area contributed by atoms with Crippen molar-refractivity contribution in [3.05, 3.63) is 24.0 Å². The van der Waals surface area contributed by atoms with Gasteiger partial charge in [-0.3, -0.25) is 4.21 Å². The molecule has 1 atom stereocenters. The Morgan fingerprint density at radius 1 is 1.54 bits per heavy atom. The van der Waals surface area contributed by atoms with Gasteiger partial charge >= 0.3 is 0 Å². The normalized spacial score (nSPS) is 12.8. The maximum atomic E-state index is 12.8. The minimum atomic E-state index is -1.17. The van der Waals surface area contributed by atoms with Gasteiger partial charge in [0.2, 0.25) is 0 Å². The van der Waals surface area contributed by atoms with Crippen LogP contribution < -0.4 is 5.73 Å². The number of benzene rings is 1. The zero-order valence-electron chi connectivity index (χ0n) is 7.42. The van der Waals surface area contributed by atoms with Gasteiger partial charge in [-0.15, -0.1) is 0 Å². The van der Waals surface area contributed by atoms with Gasteiger partial charge in [0.25, 0.3) is 0 Å². The van der Waals surface area contributed by atoms with Crippen molar-refractivity contribution in [2.45, 2.75) is 18.2 Å². The van der Waals surface area contributed by atoms with Crippen molar-refractivity contribution >= 4 is 16.5 Å². The molecular weight excluding hydrogens is 189 g/mol. The molecule has 0 fully saturated rings. The molecule has 0 amide bonds. The Labute approximate surface area is 79.4 Å². The lowest BCUT2D eigenvalue weighted by atomic mass is 10.3. The Morgan fingerprint density at radius 2 is 2.23 bits per heavy atom. The van der Waals surface area contributed by atoms with Crippen molar-refractivity contribution in [1.29, 1.82) is 0 Å². The summed E-state index contributed by atoms with van der Waals surface area (Å²) in [6.45, 7) is 1.92. The van der Waals surface area contributed by atoms with Gasteiger partial charge in [0.1, 0.15) is 5.82 Å². The van der Waals surface area contributed by atoms with Crippen LogP contribution in [0.4, 0.5) is 10.1 Å². The fourth-order valence-electron chi connectivity index (χ4n) is 1.00. The molecule has 0 bridgehead atoms. The van der Waals surface area contributed by atoms with Crippen LogP contribution in [-0.2, 0) is 10.8 Å². The van der Waals surface area contributed by atoms with E-state index in [1.54, 1.807) is 0 Å². The summed E-state index contributed by atoms with van der Waals surface area (Å²) in [5.41, 5.74) is 5.96. The van der Waals surface area contributed by atoms with Gasteiger partial charge in [-0.05, 0) is 24.6 Å². The highest BCUT2D eigenvalue weighted by Crippen LogP contribution is 2.17. The molecule has 0 aliphatic heterocycles. The van der Waals surface area contributed by atoms with Crippen LogP contribution in [0.1, 0.15) is 13.3 Å². The first-order valence-electron chi connectivity index (χ1n) is 4.08. The zero-order chi connectivity index (χ0) is 9.84. The molecule has 2 N–H and O–H groups in total. The lowest BCUT2D eigenvalue weighted by Gasteiger charge is -2.04. The van der Waals surface area contributed by atoms with Crippen LogP contribution >= 0.6 is 0 Å². The van der Waals surface area contributed by atoms with Crippen molar-refractivity contribution in [3.63, 3.8) is 0 Å². The Kier molecular flexibility index (Phi) is 3.42. The van der Waals surface area contributed by atoms with Gasteiger partial charge in [0.05, 0.1) is 15.7 Å². The smallest absolute Gasteiger partial charge is 0.124 e. The fourth-order valence-corrected chi connectivity index (χ4v) is 2.17. The van der Waals surface area contributed by atoms with E-state index in [-0.39, 0.29) is 0 Å². The third-order valence-corrected chi connectivity index (χ3v) is 3.23. The van der Waals surface area contributed by atoms with E-state index < -0.39 is 16.6 Å². The van der Waals surface area contributed by atoms with Gasteiger partial charge in [-0.25, -0.2) is 4.39 Å². The number of nitrogen functional groups attached to an aromatic ring is 1. The van der Waals surface area contributed by atoms with Crippen molar-refractivity contribution < 1.29 is 8.60 Å². The second kappa shape index (κ2) is 4.37. The van der Waals surface area contributed by atoms with Crippen LogP contribution in [0, 0.1) is 5.82 Å². The molecule has 0 saturated heterocycles. The molecule has 0 aliphatic carbocycles. The summed E-state index contributed by atoms with van der Waals surface area (Å²) in [6, 6.07) is 3.95. The molecule has 0 spiro atoms. The van der Waals surface area contributed by atoms with Crippen molar-refractivity contribution in [3.8, 4) is 0 Å². The maximum absolute atomic E-state index is 12.8. The Morgan fingerprint density at radius 3 is 2.85 bits per heavy atom. The second-order valence-electron chi connectivity index (χ2n) is 2.73. The number of halogens is 1. The topological polar surface area (TPSA) is 43.1 Å². The average molecular weight is 201 g/mol. The first-order valence-corrected chi connectivity index (χ1v) is 5.40. The molecule has 13 heavy (non-hydrogen) atoms. The Hall–Kier alpha value is -0.900. The van der Waals surface area contributed by atoms with E-state index in [4.69, 9.17) is 5.73 Å². The third kappa shape index (κ3) is 2.52. The molecular formula is C9H12FNOS. The van der Waals surface area contributed by atoms with Crippen molar-refractivity contribution in [2.24, 2.45) is 0 Å². The Balaban J connectivity index is 2.99.